The monoisotopic (exact) mass is 378 g/mol. The summed E-state index contributed by atoms with van der Waals surface area (Å²) < 4.78 is 0. The van der Waals surface area contributed by atoms with E-state index in [1.165, 1.54) is 38.0 Å². The van der Waals surface area contributed by atoms with E-state index in [1.807, 2.05) is 0 Å². The van der Waals surface area contributed by atoms with Crippen LogP contribution >= 0.6 is 0 Å². The Balaban J connectivity index is 2.30. The molecule has 0 saturated carbocycles. The number of rotatable bonds is 3. The number of aromatic nitrogens is 2. The standard InChI is InChI=1S/C22H30N2Si2/c1-15-9-17-11-18(20-13-22(24-14-23-20)26(6,7)8)12-21(25(3,4)5)19(17)10-16(15)2/h9-14H,1-8H3. The molecular weight excluding hydrogens is 348 g/mol. The highest BCUT2D eigenvalue weighted by Crippen LogP contribution is 2.26. The van der Waals surface area contributed by atoms with Gasteiger partial charge in [0.2, 0.25) is 0 Å². The molecule has 0 atom stereocenters. The van der Waals surface area contributed by atoms with Crippen LogP contribution in [0, 0.1) is 13.8 Å². The normalized spacial score (nSPS) is 12.6. The Kier molecular flexibility index (Phi) is 4.69. The van der Waals surface area contributed by atoms with Gasteiger partial charge in [0.05, 0.1) is 13.8 Å². The van der Waals surface area contributed by atoms with Crippen molar-refractivity contribution < 1.29 is 0 Å². The maximum atomic E-state index is 4.62. The molecule has 3 aromatic rings. The van der Waals surface area contributed by atoms with Crippen molar-refractivity contribution in [1.82, 2.24) is 9.97 Å². The molecule has 2 nitrogen and oxygen atoms in total. The summed E-state index contributed by atoms with van der Waals surface area (Å²) in [5.41, 5.74) is 4.99. The van der Waals surface area contributed by atoms with E-state index in [-0.39, 0.29) is 0 Å². The molecule has 26 heavy (non-hydrogen) atoms. The summed E-state index contributed by atoms with van der Waals surface area (Å²) in [6.45, 7) is 18.7. The van der Waals surface area contributed by atoms with Crippen LogP contribution in [0.15, 0.2) is 36.7 Å². The fourth-order valence-electron chi connectivity index (χ4n) is 3.33. The van der Waals surface area contributed by atoms with Crippen LogP contribution in [0.2, 0.25) is 39.3 Å². The first-order chi connectivity index (χ1) is 12.0. The van der Waals surface area contributed by atoms with Crippen molar-refractivity contribution >= 4 is 37.4 Å². The molecule has 136 valence electrons. The SMILES string of the molecule is Cc1cc2cc(-c3cc([Si](C)(C)C)ncn3)cc([Si](C)(C)C)c2cc1C. The molecule has 0 spiro atoms. The second kappa shape index (κ2) is 6.43. The van der Waals surface area contributed by atoms with Crippen LogP contribution < -0.4 is 10.5 Å². The molecule has 2 aromatic carbocycles. The van der Waals surface area contributed by atoms with Gasteiger partial charge >= 0.3 is 0 Å². The highest BCUT2D eigenvalue weighted by Gasteiger charge is 2.22. The molecule has 1 aromatic heterocycles. The first kappa shape index (κ1) is 19.0. The predicted octanol–water partition coefficient (Wildman–Crippen LogP) is 5.00. The van der Waals surface area contributed by atoms with Gasteiger partial charge in [0.15, 0.2) is 0 Å². The molecule has 0 N–H and O–H groups in total. The van der Waals surface area contributed by atoms with E-state index >= 15 is 0 Å². The van der Waals surface area contributed by atoms with E-state index in [1.54, 1.807) is 6.33 Å². The number of benzene rings is 2. The lowest BCUT2D eigenvalue weighted by Crippen LogP contribution is -2.40. The maximum absolute atomic E-state index is 4.62. The Hall–Kier alpha value is -1.79. The molecule has 3 rings (SSSR count). The molecule has 0 aliphatic carbocycles. The third kappa shape index (κ3) is 3.67. The Bertz CT molecular complexity index is 980. The van der Waals surface area contributed by atoms with Crippen molar-refractivity contribution in [1.29, 1.82) is 0 Å². The largest absolute Gasteiger partial charge is 0.246 e. The average Bonchev–Trinajstić information content (AvgIpc) is 2.53. The van der Waals surface area contributed by atoms with Gasteiger partial charge in [-0.05, 0) is 47.9 Å². The second-order valence-electron chi connectivity index (χ2n) is 9.47. The third-order valence-corrected chi connectivity index (χ3v) is 8.95. The van der Waals surface area contributed by atoms with Crippen molar-refractivity contribution in [2.75, 3.05) is 0 Å². The van der Waals surface area contributed by atoms with Gasteiger partial charge in [-0.3, -0.25) is 0 Å². The average molecular weight is 379 g/mol. The zero-order valence-electron chi connectivity index (χ0n) is 17.4. The van der Waals surface area contributed by atoms with E-state index < -0.39 is 16.1 Å². The quantitative estimate of drug-likeness (QED) is 0.599. The number of hydrogen-bond donors (Lipinski definition) is 0. The van der Waals surface area contributed by atoms with Gasteiger partial charge in [0, 0.05) is 10.9 Å². The van der Waals surface area contributed by atoms with Crippen LogP contribution in [0.3, 0.4) is 0 Å². The van der Waals surface area contributed by atoms with Gasteiger partial charge < -0.3 is 0 Å². The minimum atomic E-state index is -1.49. The molecule has 1 heterocycles. The van der Waals surface area contributed by atoms with E-state index in [4.69, 9.17) is 0 Å². The number of fused-ring (bicyclic) bond motifs is 1. The Morgan fingerprint density at radius 3 is 1.96 bits per heavy atom. The summed E-state index contributed by atoms with van der Waals surface area (Å²) in [6.07, 6.45) is 1.74. The van der Waals surface area contributed by atoms with Crippen molar-refractivity contribution in [3.63, 3.8) is 0 Å². The second-order valence-corrected chi connectivity index (χ2v) is 19.5. The predicted molar refractivity (Wildman–Crippen MR) is 120 cm³/mol. The van der Waals surface area contributed by atoms with E-state index in [0.717, 1.165) is 5.69 Å². The Morgan fingerprint density at radius 1 is 0.692 bits per heavy atom. The molecule has 0 radical (unpaired) electrons. The Labute approximate surface area is 159 Å². The molecule has 0 unspecified atom stereocenters. The zero-order valence-corrected chi connectivity index (χ0v) is 19.4. The van der Waals surface area contributed by atoms with Crippen LogP contribution in [-0.4, -0.2) is 26.1 Å². The molecule has 0 saturated heterocycles. The zero-order chi connectivity index (χ0) is 19.3. The van der Waals surface area contributed by atoms with Crippen LogP contribution in [0.25, 0.3) is 22.0 Å². The Morgan fingerprint density at radius 2 is 1.35 bits per heavy atom. The number of aryl methyl sites for hydroxylation is 2. The van der Waals surface area contributed by atoms with Crippen LogP contribution in [0.1, 0.15) is 11.1 Å². The van der Waals surface area contributed by atoms with E-state index in [9.17, 15) is 0 Å². The topological polar surface area (TPSA) is 25.8 Å². The first-order valence-corrected chi connectivity index (χ1v) is 16.4. The van der Waals surface area contributed by atoms with Gasteiger partial charge in [0.25, 0.3) is 0 Å². The smallest absolute Gasteiger partial charge is 0.115 e. The summed E-state index contributed by atoms with van der Waals surface area (Å²) in [7, 11) is -2.95. The summed E-state index contributed by atoms with van der Waals surface area (Å²) in [5, 5.41) is 5.48. The lowest BCUT2D eigenvalue weighted by Gasteiger charge is -2.22. The molecule has 4 heteroatoms. The van der Waals surface area contributed by atoms with Crippen LogP contribution in [0.4, 0.5) is 0 Å². The minimum absolute atomic E-state index is 1.05. The lowest BCUT2D eigenvalue weighted by molar-refractivity contribution is 1.19. The van der Waals surface area contributed by atoms with Crippen molar-refractivity contribution in [2.45, 2.75) is 53.1 Å². The fraction of sp³-hybridized carbons (Fsp3) is 0.364. The molecule has 0 bridgehead atoms. The number of nitrogens with zero attached hydrogens (tertiary/aromatic N) is 2. The van der Waals surface area contributed by atoms with Gasteiger partial charge in [-0.1, -0.05) is 62.7 Å². The number of hydrogen-bond acceptors (Lipinski definition) is 2. The van der Waals surface area contributed by atoms with Gasteiger partial charge in [-0.15, -0.1) is 0 Å². The summed E-state index contributed by atoms with van der Waals surface area (Å²) in [5.74, 6) is 0. The first-order valence-electron chi connectivity index (χ1n) is 9.35. The van der Waals surface area contributed by atoms with Crippen LogP contribution in [0.5, 0.6) is 0 Å². The van der Waals surface area contributed by atoms with Crippen molar-refractivity contribution in [3.8, 4) is 11.3 Å². The maximum Gasteiger partial charge on any atom is 0.115 e. The molecule has 0 aliphatic rings. The molecule has 0 amide bonds. The fourth-order valence-corrected chi connectivity index (χ4v) is 5.96. The van der Waals surface area contributed by atoms with Crippen molar-refractivity contribution in [2.24, 2.45) is 0 Å². The van der Waals surface area contributed by atoms with E-state index in [2.05, 4.69) is 93.4 Å². The lowest BCUT2D eigenvalue weighted by atomic mass is 9.99. The highest BCUT2D eigenvalue weighted by atomic mass is 28.3. The van der Waals surface area contributed by atoms with Gasteiger partial charge in [-0.25, -0.2) is 9.97 Å². The van der Waals surface area contributed by atoms with Crippen molar-refractivity contribution in [3.05, 3.63) is 47.8 Å². The minimum Gasteiger partial charge on any atom is -0.246 e. The molecule has 0 aliphatic heterocycles. The van der Waals surface area contributed by atoms with E-state index in [0.29, 0.717) is 0 Å². The summed E-state index contributed by atoms with van der Waals surface area (Å²) in [4.78, 5) is 9.17. The van der Waals surface area contributed by atoms with Crippen LogP contribution in [-0.2, 0) is 0 Å². The summed E-state index contributed by atoms with van der Waals surface area (Å²) in [6, 6.07) is 11.6. The third-order valence-electron chi connectivity index (χ3n) is 5.11. The molecule has 0 fully saturated rings. The van der Waals surface area contributed by atoms with Gasteiger partial charge in [-0.2, -0.15) is 0 Å². The molecular formula is C22H30N2Si2. The highest BCUT2D eigenvalue weighted by molar-refractivity contribution is 6.90. The summed E-state index contributed by atoms with van der Waals surface area (Å²) >= 11 is 0. The van der Waals surface area contributed by atoms with Gasteiger partial charge in [0.1, 0.15) is 14.4 Å².